The Morgan fingerprint density at radius 1 is 0.893 bits per heavy atom. The van der Waals surface area contributed by atoms with Crippen LogP contribution in [0.15, 0.2) is 53.5 Å². The molecular weight excluding hydrogens is 409 g/mol. The van der Waals surface area contributed by atoms with Gasteiger partial charge in [0, 0.05) is 43.2 Å². The second-order valence-electron chi connectivity index (χ2n) is 7.06. The number of hydrogen-bond donors (Lipinski definition) is 0. The van der Waals surface area contributed by atoms with Gasteiger partial charge in [0.25, 0.3) is 0 Å². The lowest BCUT2D eigenvalue weighted by atomic mass is 9.97. The second kappa shape index (κ2) is 9.36. The molecule has 0 amide bonds. The molecule has 148 valence electrons. The topological polar surface area (TPSA) is 18.8 Å². The summed E-state index contributed by atoms with van der Waals surface area (Å²) in [5.41, 5.74) is 6.50. The minimum Gasteiger partial charge on any atom is -0.324 e. The third kappa shape index (κ3) is 4.11. The van der Waals surface area contributed by atoms with Crippen LogP contribution in [0.5, 0.6) is 0 Å². The SMILES string of the molecule is C1=C(c2ccc(CN3CCSCC3)cc2)N2CCN=C2c2ccccc21.Cl.Cl. The summed E-state index contributed by atoms with van der Waals surface area (Å²) in [4.78, 5) is 9.70. The molecule has 0 bridgehead atoms. The number of thioether (sulfide) groups is 1. The van der Waals surface area contributed by atoms with E-state index in [0.717, 1.165) is 25.5 Å². The highest BCUT2D eigenvalue weighted by molar-refractivity contribution is 7.99. The lowest BCUT2D eigenvalue weighted by Gasteiger charge is -2.29. The maximum atomic E-state index is 4.76. The van der Waals surface area contributed by atoms with Crippen LogP contribution in [0, 0.1) is 0 Å². The van der Waals surface area contributed by atoms with E-state index in [1.54, 1.807) is 0 Å². The number of amidine groups is 1. The van der Waals surface area contributed by atoms with Crippen LogP contribution in [0.2, 0.25) is 0 Å². The summed E-state index contributed by atoms with van der Waals surface area (Å²) in [6.07, 6.45) is 2.32. The van der Waals surface area contributed by atoms with Crippen molar-refractivity contribution in [2.45, 2.75) is 6.54 Å². The van der Waals surface area contributed by atoms with Gasteiger partial charge in [-0.05, 0) is 22.8 Å². The zero-order valence-electron chi connectivity index (χ0n) is 15.7. The fourth-order valence-corrected chi connectivity index (χ4v) is 4.98. The number of nitrogens with zero attached hydrogens (tertiary/aromatic N) is 3. The van der Waals surface area contributed by atoms with Gasteiger partial charge < -0.3 is 4.90 Å². The Labute approximate surface area is 183 Å². The molecule has 0 atom stereocenters. The molecule has 0 aliphatic carbocycles. The van der Waals surface area contributed by atoms with Crippen LogP contribution in [0.1, 0.15) is 22.3 Å². The maximum absolute atomic E-state index is 4.76. The summed E-state index contributed by atoms with van der Waals surface area (Å²) in [6, 6.07) is 17.7. The number of hydrogen-bond acceptors (Lipinski definition) is 4. The minimum atomic E-state index is 0. The van der Waals surface area contributed by atoms with Gasteiger partial charge >= 0.3 is 0 Å². The van der Waals surface area contributed by atoms with E-state index < -0.39 is 0 Å². The van der Waals surface area contributed by atoms with Gasteiger partial charge in [0.15, 0.2) is 0 Å². The first-order valence-corrected chi connectivity index (χ1v) is 10.6. The zero-order valence-corrected chi connectivity index (χ0v) is 18.2. The average Bonchev–Trinajstić information content (AvgIpc) is 3.19. The van der Waals surface area contributed by atoms with E-state index in [2.05, 4.69) is 76.2 Å². The van der Waals surface area contributed by atoms with E-state index in [9.17, 15) is 0 Å². The molecule has 0 saturated carbocycles. The van der Waals surface area contributed by atoms with Crippen LogP contribution in [-0.2, 0) is 6.54 Å². The smallest absolute Gasteiger partial charge is 0.136 e. The molecule has 2 aromatic carbocycles. The van der Waals surface area contributed by atoms with Gasteiger partial charge in [-0.3, -0.25) is 9.89 Å². The number of benzene rings is 2. The van der Waals surface area contributed by atoms with Crippen molar-refractivity contribution in [3.63, 3.8) is 0 Å². The first-order valence-electron chi connectivity index (χ1n) is 9.41. The minimum absolute atomic E-state index is 0. The first-order chi connectivity index (χ1) is 12.9. The standard InChI is InChI=1S/C22H23N3S.2ClH/c1-2-4-20-19(3-1)15-21(25-10-9-23-22(20)25)18-7-5-17(6-8-18)16-24-11-13-26-14-12-24;;/h1-8,15H,9-14,16H2;2*1H. The van der Waals surface area contributed by atoms with Crippen molar-refractivity contribution >= 4 is 54.2 Å². The predicted molar refractivity (Wildman–Crippen MR) is 126 cm³/mol. The van der Waals surface area contributed by atoms with Crippen LogP contribution in [0.25, 0.3) is 11.8 Å². The highest BCUT2D eigenvalue weighted by Gasteiger charge is 2.28. The highest BCUT2D eigenvalue weighted by atomic mass is 35.5. The van der Waals surface area contributed by atoms with Crippen LogP contribution < -0.4 is 0 Å². The molecule has 6 heteroatoms. The van der Waals surface area contributed by atoms with Crippen LogP contribution in [-0.4, -0.2) is 53.3 Å². The van der Waals surface area contributed by atoms with Gasteiger partial charge in [0.1, 0.15) is 5.84 Å². The monoisotopic (exact) mass is 433 g/mol. The van der Waals surface area contributed by atoms with Crippen LogP contribution in [0.4, 0.5) is 0 Å². The van der Waals surface area contributed by atoms with Crippen molar-refractivity contribution in [3.05, 3.63) is 70.8 Å². The quantitative estimate of drug-likeness (QED) is 0.701. The maximum Gasteiger partial charge on any atom is 0.136 e. The number of rotatable bonds is 3. The van der Waals surface area contributed by atoms with E-state index in [-0.39, 0.29) is 24.8 Å². The molecule has 3 heterocycles. The molecule has 1 saturated heterocycles. The lowest BCUT2D eigenvalue weighted by molar-refractivity contribution is 0.294. The molecule has 0 spiro atoms. The van der Waals surface area contributed by atoms with Crippen LogP contribution >= 0.6 is 36.6 Å². The third-order valence-corrected chi connectivity index (χ3v) is 6.33. The van der Waals surface area contributed by atoms with Gasteiger partial charge in [-0.2, -0.15) is 11.8 Å². The Bertz CT molecular complexity index is 874. The molecule has 28 heavy (non-hydrogen) atoms. The summed E-state index contributed by atoms with van der Waals surface area (Å²) in [7, 11) is 0. The zero-order chi connectivity index (χ0) is 17.3. The van der Waals surface area contributed by atoms with E-state index in [4.69, 9.17) is 4.99 Å². The molecule has 3 nitrogen and oxygen atoms in total. The fourth-order valence-electron chi connectivity index (χ4n) is 4.00. The summed E-state index contributed by atoms with van der Waals surface area (Å²) in [6.45, 7) is 5.35. The summed E-state index contributed by atoms with van der Waals surface area (Å²) in [5, 5.41) is 0. The summed E-state index contributed by atoms with van der Waals surface area (Å²) < 4.78 is 0. The molecule has 0 aromatic heterocycles. The average molecular weight is 434 g/mol. The Balaban J connectivity index is 0.00000112. The lowest BCUT2D eigenvalue weighted by Crippen LogP contribution is -2.32. The van der Waals surface area contributed by atoms with Gasteiger partial charge in [-0.1, -0.05) is 48.5 Å². The molecule has 0 N–H and O–H groups in total. The first kappa shape index (κ1) is 21.3. The summed E-state index contributed by atoms with van der Waals surface area (Å²) in [5.74, 6) is 3.66. The Kier molecular flexibility index (Phi) is 7.10. The third-order valence-electron chi connectivity index (χ3n) is 5.39. The molecule has 0 unspecified atom stereocenters. The fraction of sp³-hybridized carbons (Fsp3) is 0.318. The van der Waals surface area contributed by atoms with Gasteiger partial charge in [-0.25, -0.2) is 0 Å². The van der Waals surface area contributed by atoms with Crippen molar-refractivity contribution in [1.29, 1.82) is 0 Å². The molecule has 3 aliphatic heterocycles. The van der Waals surface area contributed by atoms with Crippen LogP contribution in [0.3, 0.4) is 0 Å². The molecule has 0 radical (unpaired) electrons. The molecule has 1 fully saturated rings. The number of aliphatic imine (C=N–C) groups is 1. The van der Waals surface area contributed by atoms with Gasteiger partial charge in [0.2, 0.25) is 0 Å². The summed E-state index contributed by atoms with van der Waals surface area (Å²) >= 11 is 2.07. The largest absolute Gasteiger partial charge is 0.324 e. The van der Waals surface area contributed by atoms with Crippen molar-refractivity contribution in [3.8, 4) is 0 Å². The number of fused-ring (bicyclic) bond motifs is 3. The molecule has 3 aliphatic rings. The van der Waals surface area contributed by atoms with Crippen molar-refractivity contribution < 1.29 is 0 Å². The normalized spacial score (nSPS) is 18.2. The van der Waals surface area contributed by atoms with E-state index in [1.165, 1.54) is 52.5 Å². The van der Waals surface area contributed by atoms with Crippen molar-refractivity contribution in [1.82, 2.24) is 9.80 Å². The second-order valence-corrected chi connectivity index (χ2v) is 8.28. The van der Waals surface area contributed by atoms with Gasteiger partial charge in [-0.15, -0.1) is 24.8 Å². The predicted octanol–water partition coefficient (Wildman–Crippen LogP) is 4.65. The highest BCUT2D eigenvalue weighted by Crippen LogP contribution is 2.33. The van der Waals surface area contributed by atoms with Gasteiger partial charge in [0.05, 0.1) is 12.2 Å². The Hall–Kier alpha value is -1.46. The van der Waals surface area contributed by atoms with Crippen molar-refractivity contribution in [2.24, 2.45) is 4.99 Å². The Morgan fingerprint density at radius 2 is 1.64 bits per heavy atom. The van der Waals surface area contributed by atoms with E-state index >= 15 is 0 Å². The molecule has 5 rings (SSSR count). The molecular formula is C22H25Cl2N3S. The Morgan fingerprint density at radius 3 is 2.43 bits per heavy atom. The molecule has 2 aromatic rings. The van der Waals surface area contributed by atoms with Crippen molar-refractivity contribution in [2.75, 3.05) is 37.7 Å². The van der Waals surface area contributed by atoms with E-state index in [1.807, 2.05) is 0 Å². The van der Waals surface area contributed by atoms with E-state index in [0.29, 0.717) is 0 Å². The number of halogens is 2.